The van der Waals surface area contributed by atoms with E-state index in [1.165, 1.54) is 25.3 Å². The molecule has 1 saturated heterocycles. The molecule has 32 heavy (non-hydrogen) atoms. The third-order valence-electron chi connectivity index (χ3n) is 5.81. The maximum atomic E-state index is 13.2. The van der Waals surface area contributed by atoms with Gasteiger partial charge in [0.2, 0.25) is 0 Å². The fraction of sp³-hybridized carbons (Fsp3) is 0.333. The van der Waals surface area contributed by atoms with Crippen LogP contribution in [0.15, 0.2) is 53.7 Å². The van der Waals surface area contributed by atoms with Crippen molar-refractivity contribution in [3.05, 3.63) is 71.0 Å². The van der Waals surface area contributed by atoms with Crippen LogP contribution in [0.1, 0.15) is 36.0 Å². The van der Waals surface area contributed by atoms with E-state index >= 15 is 0 Å². The molecule has 168 valence electrons. The highest BCUT2D eigenvalue weighted by Crippen LogP contribution is 2.39. The van der Waals surface area contributed by atoms with Crippen LogP contribution in [-0.2, 0) is 16.2 Å². The fourth-order valence-electron chi connectivity index (χ4n) is 4.44. The van der Waals surface area contributed by atoms with E-state index in [-0.39, 0.29) is 5.82 Å². The van der Waals surface area contributed by atoms with Crippen LogP contribution in [0.25, 0.3) is 6.08 Å². The Morgan fingerprint density at radius 1 is 1.34 bits per heavy atom. The molecule has 2 aromatic rings. The molecule has 2 aromatic carbocycles. The summed E-state index contributed by atoms with van der Waals surface area (Å²) in [6.07, 6.45) is 5.32. The molecule has 0 aromatic heterocycles. The van der Waals surface area contributed by atoms with Gasteiger partial charge in [-0.05, 0) is 60.9 Å². The Balaban J connectivity index is 1.56. The molecular weight excluding hydrogens is 413 g/mol. The monoisotopic (exact) mass is 439 g/mol. The molecule has 0 bridgehead atoms. The smallest absolute Gasteiger partial charge is 0.267 e. The minimum atomic E-state index is -0.604. The SMILES string of the molecule is CO/N=C1\CC2(CCCN(Cc3ccc(F)cc3)C2)Oc2ccc(/C=C/C(=O)NO)cc21. The zero-order valence-corrected chi connectivity index (χ0v) is 17.9. The molecule has 2 aliphatic heterocycles. The molecule has 2 aliphatic rings. The van der Waals surface area contributed by atoms with Gasteiger partial charge in [0, 0.05) is 31.1 Å². The number of hydrogen-bond acceptors (Lipinski definition) is 6. The highest BCUT2D eigenvalue weighted by atomic mass is 19.1. The summed E-state index contributed by atoms with van der Waals surface area (Å²) in [6, 6.07) is 12.2. The number of carbonyl (C=O) groups is 1. The number of amides is 1. The lowest BCUT2D eigenvalue weighted by molar-refractivity contribution is -0.124. The number of oxime groups is 1. The molecule has 7 nitrogen and oxygen atoms in total. The van der Waals surface area contributed by atoms with Crippen molar-refractivity contribution < 1.29 is 24.0 Å². The first-order valence-corrected chi connectivity index (χ1v) is 10.5. The Labute approximate surface area is 186 Å². The maximum absolute atomic E-state index is 13.2. The van der Waals surface area contributed by atoms with Gasteiger partial charge in [-0.15, -0.1) is 0 Å². The molecule has 0 radical (unpaired) electrons. The minimum absolute atomic E-state index is 0.234. The molecule has 2 heterocycles. The second-order valence-electron chi connectivity index (χ2n) is 8.19. The first kappa shape index (κ1) is 22.0. The first-order valence-electron chi connectivity index (χ1n) is 10.5. The molecule has 0 saturated carbocycles. The number of fused-ring (bicyclic) bond motifs is 1. The van der Waals surface area contributed by atoms with Crippen LogP contribution in [0.4, 0.5) is 4.39 Å². The lowest BCUT2D eigenvalue weighted by atomic mass is 9.82. The average molecular weight is 439 g/mol. The summed E-state index contributed by atoms with van der Waals surface area (Å²) in [4.78, 5) is 18.7. The van der Waals surface area contributed by atoms with E-state index in [0.29, 0.717) is 6.42 Å². The van der Waals surface area contributed by atoms with Gasteiger partial charge in [0.15, 0.2) is 0 Å². The average Bonchev–Trinajstić information content (AvgIpc) is 2.79. The van der Waals surface area contributed by atoms with Crippen molar-refractivity contribution in [3.63, 3.8) is 0 Å². The highest BCUT2D eigenvalue weighted by Gasteiger charge is 2.43. The molecule has 4 rings (SSSR count). The molecule has 1 amide bonds. The van der Waals surface area contributed by atoms with Crippen LogP contribution in [0.2, 0.25) is 0 Å². The van der Waals surface area contributed by atoms with Crippen molar-refractivity contribution in [3.8, 4) is 5.75 Å². The summed E-state index contributed by atoms with van der Waals surface area (Å²) >= 11 is 0. The predicted molar refractivity (Wildman–Crippen MR) is 118 cm³/mol. The third-order valence-corrected chi connectivity index (χ3v) is 5.81. The second-order valence-corrected chi connectivity index (χ2v) is 8.19. The lowest BCUT2D eigenvalue weighted by Gasteiger charge is -2.45. The highest BCUT2D eigenvalue weighted by molar-refractivity contribution is 6.04. The van der Waals surface area contributed by atoms with E-state index in [1.807, 2.05) is 30.3 Å². The van der Waals surface area contributed by atoms with E-state index in [4.69, 9.17) is 14.8 Å². The number of likely N-dealkylation sites (tertiary alicyclic amines) is 1. The molecule has 1 unspecified atom stereocenters. The number of rotatable bonds is 5. The van der Waals surface area contributed by atoms with Gasteiger partial charge in [0.1, 0.15) is 24.3 Å². The number of halogens is 1. The zero-order valence-electron chi connectivity index (χ0n) is 17.9. The van der Waals surface area contributed by atoms with Crippen molar-refractivity contribution in [1.29, 1.82) is 0 Å². The summed E-state index contributed by atoms with van der Waals surface area (Å²) in [5.74, 6) is -0.116. The number of carbonyl (C=O) groups excluding carboxylic acids is 1. The van der Waals surface area contributed by atoms with E-state index in [2.05, 4.69) is 10.1 Å². The third kappa shape index (κ3) is 4.98. The van der Waals surface area contributed by atoms with Crippen molar-refractivity contribution in [2.75, 3.05) is 20.2 Å². The van der Waals surface area contributed by atoms with Crippen molar-refractivity contribution in [1.82, 2.24) is 10.4 Å². The van der Waals surface area contributed by atoms with Crippen LogP contribution in [0.5, 0.6) is 5.75 Å². The van der Waals surface area contributed by atoms with Gasteiger partial charge in [-0.25, -0.2) is 9.87 Å². The van der Waals surface area contributed by atoms with Crippen LogP contribution in [0.3, 0.4) is 0 Å². The Bertz CT molecular complexity index is 1040. The number of benzene rings is 2. The minimum Gasteiger partial charge on any atom is -0.485 e. The van der Waals surface area contributed by atoms with Crippen LogP contribution in [0, 0.1) is 5.82 Å². The largest absolute Gasteiger partial charge is 0.485 e. The van der Waals surface area contributed by atoms with Crippen LogP contribution in [-0.4, -0.2) is 47.5 Å². The molecule has 2 N–H and O–H groups in total. The second kappa shape index (κ2) is 9.50. The van der Waals surface area contributed by atoms with E-state index in [9.17, 15) is 9.18 Å². The molecule has 1 fully saturated rings. The predicted octanol–water partition coefficient (Wildman–Crippen LogP) is 3.51. The van der Waals surface area contributed by atoms with Gasteiger partial charge in [-0.2, -0.15) is 0 Å². The quantitative estimate of drug-likeness (QED) is 0.423. The van der Waals surface area contributed by atoms with Gasteiger partial charge >= 0.3 is 0 Å². The van der Waals surface area contributed by atoms with Gasteiger partial charge in [-0.1, -0.05) is 23.4 Å². The molecule has 0 aliphatic carbocycles. The molecular formula is C24H26FN3O4. The van der Waals surface area contributed by atoms with Crippen molar-refractivity contribution >= 4 is 17.7 Å². The summed E-state index contributed by atoms with van der Waals surface area (Å²) in [7, 11) is 1.52. The number of hydroxylamine groups is 1. The zero-order chi connectivity index (χ0) is 22.6. The van der Waals surface area contributed by atoms with E-state index < -0.39 is 11.5 Å². The van der Waals surface area contributed by atoms with Crippen LogP contribution >= 0.6 is 0 Å². The number of nitrogens with zero attached hydrogens (tertiary/aromatic N) is 2. The normalized spacial score (nSPS) is 22.0. The number of nitrogens with one attached hydrogen (secondary N) is 1. The molecule has 1 atom stereocenters. The van der Waals surface area contributed by atoms with E-state index in [0.717, 1.165) is 60.6 Å². The van der Waals surface area contributed by atoms with Gasteiger partial charge in [-0.3, -0.25) is 14.9 Å². The fourth-order valence-corrected chi connectivity index (χ4v) is 4.44. The summed E-state index contributed by atoms with van der Waals surface area (Å²) in [5.41, 5.74) is 4.60. The van der Waals surface area contributed by atoms with Gasteiger partial charge < -0.3 is 9.57 Å². The van der Waals surface area contributed by atoms with Crippen molar-refractivity contribution in [2.24, 2.45) is 5.16 Å². The number of piperidine rings is 1. The number of hydrogen-bond donors (Lipinski definition) is 2. The van der Waals surface area contributed by atoms with Crippen LogP contribution < -0.4 is 10.2 Å². The summed E-state index contributed by atoms with van der Waals surface area (Å²) in [5, 5.41) is 12.9. The topological polar surface area (TPSA) is 83.4 Å². The standard InChI is InChI=1S/C24H26FN3O4/c1-31-27-21-14-24(11-2-12-28(16-24)15-18-3-7-19(25)8-4-18)32-22-9-5-17(13-20(21)22)6-10-23(29)26-30/h3-10,13,30H,2,11-12,14-16H2,1H3,(H,26,29)/b10-6+,27-21+. The molecule has 8 heteroatoms. The summed E-state index contributed by atoms with van der Waals surface area (Å²) < 4.78 is 19.8. The first-order chi connectivity index (χ1) is 15.5. The summed E-state index contributed by atoms with van der Waals surface area (Å²) in [6.45, 7) is 2.40. The Hall–Kier alpha value is -3.23. The van der Waals surface area contributed by atoms with Gasteiger partial charge in [0.25, 0.3) is 5.91 Å². The Morgan fingerprint density at radius 2 is 2.16 bits per heavy atom. The maximum Gasteiger partial charge on any atom is 0.267 e. The lowest BCUT2D eigenvalue weighted by Crippen LogP contribution is -2.54. The number of ether oxygens (including phenoxy) is 1. The Kier molecular flexibility index (Phi) is 6.53. The van der Waals surface area contributed by atoms with E-state index in [1.54, 1.807) is 11.6 Å². The molecule has 1 spiro atoms. The van der Waals surface area contributed by atoms with Crippen molar-refractivity contribution in [2.45, 2.75) is 31.4 Å². The van der Waals surface area contributed by atoms with Gasteiger partial charge in [0.05, 0.1) is 5.71 Å². The Morgan fingerprint density at radius 3 is 2.91 bits per heavy atom.